The molecular formula is C32H32N6O4. The van der Waals surface area contributed by atoms with Crippen molar-refractivity contribution in [1.82, 2.24) is 20.6 Å². The highest BCUT2D eigenvalue weighted by atomic mass is 16.2. The first-order valence-corrected chi connectivity index (χ1v) is 14.2. The molecule has 2 heterocycles. The fraction of sp³-hybridized carbons (Fsp3) is 0.312. The molecule has 4 aromatic rings. The molecule has 0 unspecified atom stereocenters. The van der Waals surface area contributed by atoms with Gasteiger partial charge in [0.1, 0.15) is 29.1 Å². The Morgan fingerprint density at radius 1 is 0.976 bits per heavy atom. The number of hydrogen-bond donors (Lipinski definition) is 3. The summed E-state index contributed by atoms with van der Waals surface area (Å²) in [6.07, 6.45) is 4.63. The molecule has 10 heteroatoms. The van der Waals surface area contributed by atoms with Gasteiger partial charge in [0.2, 0.25) is 0 Å². The predicted octanol–water partition coefficient (Wildman–Crippen LogP) is 2.57. The molecule has 0 bridgehead atoms. The van der Waals surface area contributed by atoms with Crippen LogP contribution < -0.4 is 32.1 Å². The summed E-state index contributed by atoms with van der Waals surface area (Å²) in [7, 11) is 0. The van der Waals surface area contributed by atoms with Crippen LogP contribution in [0, 0.1) is 13.8 Å². The number of amides is 2. The Labute approximate surface area is 242 Å². The molecule has 1 atom stereocenters. The number of nitrogens with zero attached hydrogens (tertiary/aromatic N) is 3. The lowest BCUT2D eigenvalue weighted by atomic mass is 9.99. The highest BCUT2D eigenvalue weighted by Gasteiger charge is 2.28. The van der Waals surface area contributed by atoms with E-state index in [2.05, 4.69) is 46.6 Å². The van der Waals surface area contributed by atoms with E-state index in [1.54, 1.807) is 0 Å². The number of nitrogens with one attached hydrogen (secondary N) is 2. The Hall–Kier alpha value is -4.86. The number of anilines is 2. The van der Waals surface area contributed by atoms with Crippen LogP contribution in [0.25, 0.3) is 0 Å². The van der Waals surface area contributed by atoms with Gasteiger partial charge in [0.15, 0.2) is 0 Å². The second kappa shape index (κ2) is 10.8. The van der Waals surface area contributed by atoms with Crippen LogP contribution in [0.2, 0.25) is 0 Å². The second-order valence-corrected chi connectivity index (χ2v) is 11.2. The molecule has 0 fully saturated rings. The van der Waals surface area contributed by atoms with Crippen molar-refractivity contribution in [2.45, 2.75) is 58.7 Å². The van der Waals surface area contributed by atoms with Gasteiger partial charge >= 0.3 is 0 Å². The molecule has 0 saturated carbocycles. The maximum absolute atomic E-state index is 13.1. The lowest BCUT2D eigenvalue weighted by Crippen LogP contribution is -2.42. The van der Waals surface area contributed by atoms with Crippen molar-refractivity contribution in [2.24, 2.45) is 0 Å². The lowest BCUT2D eigenvalue weighted by molar-refractivity contribution is 0.0931. The van der Waals surface area contributed by atoms with Crippen LogP contribution in [0.1, 0.15) is 78.8 Å². The summed E-state index contributed by atoms with van der Waals surface area (Å²) in [5, 5.41) is 5.94. The van der Waals surface area contributed by atoms with Crippen molar-refractivity contribution in [3.8, 4) is 0 Å². The third-order valence-corrected chi connectivity index (χ3v) is 8.60. The van der Waals surface area contributed by atoms with Crippen molar-refractivity contribution in [2.75, 3.05) is 17.2 Å². The first-order valence-electron chi connectivity index (χ1n) is 14.2. The van der Waals surface area contributed by atoms with Crippen LogP contribution in [0.3, 0.4) is 0 Å². The summed E-state index contributed by atoms with van der Waals surface area (Å²) in [4.78, 5) is 59.8. The Bertz CT molecular complexity index is 1810. The highest BCUT2D eigenvalue weighted by molar-refractivity contribution is 5.97. The molecule has 0 saturated heterocycles. The largest absolute Gasteiger partial charge is 0.394 e. The Balaban J connectivity index is 1.11. The Morgan fingerprint density at radius 2 is 1.76 bits per heavy atom. The summed E-state index contributed by atoms with van der Waals surface area (Å²) in [5.41, 5.74) is 13.2. The van der Waals surface area contributed by atoms with Crippen LogP contribution in [0.5, 0.6) is 0 Å². The number of aromatic nitrogens is 2. The molecule has 2 aliphatic rings. The molecule has 2 amide bonds. The predicted molar refractivity (Wildman–Crippen MR) is 159 cm³/mol. The molecule has 6 rings (SSSR count). The zero-order valence-electron chi connectivity index (χ0n) is 23.6. The monoisotopic (exact) mass is 564 g/mol. The number of hydrogen-bond acceptors (Lipinski definition) is 8. The first kappa shape index (κ1) is 27.3. The van der Waals surface area contributed by atoms with Crippen molar-refractivity contribution >= 4 is 23.2 Å². The molecule has 4 N–H and O–H groups in total. The minimum atomic E-state index is -0.620. The topological polar surface area (TPSA) is 147 Å². The van der Waals surface area contributed by atoms with E-state index in [4.69, 9.17) is 5.73 Å². The quantitative estimate of drug-likeness (QED) is 0.303. The SMILES string of the molecule is Cc1ccc2c(c1C)CC[C@@H]2NC(=O)c1cc(C(=O)NCc2ccc3c(c2)CN(c2c(N)c(=O)c2=O)CCC3)ncn1. The van der Waals surface area contributed by atoms with Crippen LogP contribution in [0.15, 0.2) is 52.3 Å². The Kier molecular flexibility index (Phi) is 7.06. The van der Waals surface area contributed by atoms with Gasteiger partial charge in [0.25, 0.3) is 22.7 Å². The van der Waals surface area contributed by atoms with Crippen molar-refractivity contribution in [3.05, 3.63) is 114 Å². The van der Waals surface area contributed by atoms with Crippen molar-refractivity contribution in [1.29, 1.82) is 0 Å². The van der Waals surface area contributed by atoms with Gasteiger partial charge in [-0.25, -0.2) is 9.97 Å². The van der Waals surface area contributed by atoms with Crippen LogP contribution in [-0.2, 0) is 25.9 Å². The maximum Gasteiger partial charge on any atom is 0.270 e. The number of nitrogens with two attached hydrogens (primary N) is 1. The van der Waals surface area contributed by atoms with E-state index in [0.29, 0.717) is 18.8 Å². The van der Waals surface area contributed by atoms with Crippen LogP contribution >= 0.6 is 0 Å². The molecule has 214 valence electrons. The van der Waals surface area contributed by atoms with Gasteiger partial charge in [-0.2, -0.15) is 0 Å². The summed E-state index contributed by atoms with van der Waals surface area (Å²) in [6.45, 7) is 5.54. The zero-order valence-corrected chi connectivity index (χ0v) is 23.6. The van der Waals surface area contributed by atoms with Crippen LogP contribution in [-0.4, -0.2) is 28.3 Å². The van der Waals surface area contributed by atoms with Crippen molar-refractivity contribution < 1.29 is 9.59 Å². The summed E-state index contributed by atoms with van der Waals surface area (Å²) >= 11 is 0. The third-order valence-electron chi connectivity index (χ3n) is 8.60. The van der Waals surface area contributed by atoms with Crippen LogP contribution in [0.4, 0.5) is 11.4 Å². The molecule has 42 heavy (non-hydrogen) atoms. The minimum absolute atomic E-state index is 0.0306. The van der Waals surface area contributed by atoms with E-state index >= 15 is 0 Å². The zero-order chi connectivity index (χ0) is 29.5. The summed E-state index contributed by atoms with van der Waals surface area (Å²) in [5.74, 6) is -0.767. The molecule has 0 radical (unpaired) electrons. The van der Waals surface area contributed by atoms with Gasteiger partial charge in [-0.15, -0.1) is 0 Å². The number of fused-ring (bicyclic) bond motifs is 2. The van der Waals surface area contributed by atoms with E-state index in [1.807, 2.05) is 23.1 Å². The van der Waals surface area contributed by atoms with E-state index in [0.717, 1.165) is 47.9 Å². The number of nitrogen functional groups attached to an aromatic ring is 1. The minimum Gasteiger partial charge on any atom is -0.394 e. The van der Waals surface area contributed by atoms with E-state index in [-0.39, 0.29) is 35.6 Å². The number of aryl methyl sites for hydroxylation is 2. The van der Waals surface area contributed by atoms with Gasteiger partial charge in [0.05, 0.1) is 6.04 Å². The van der Waals surface area contributed by atoms with E-state index in [9.17, 15) is 19.2 Å². The van der Waals surface area contributed by atoms with Gasteiger partial charge < -0.3 is 21.3 Å². The first-order chi connectivity index (χ1) is 20.2. The van der Waals surface area contributed by atoms with Gasteiger partial charge in [-0.1, -0.05) is 30.3 Å². The summed E-state index contributed by atoms with van der Waals surface area (Å²) < 4.78 is 0. The van der Waals surface area contributed by atoms with Gasteiger partial charge in [0, 0.05) is 25.7 Å². The van der Waals surface area contributed by atoms with Gasteiger partial charge in [-0.3, -0.25) is 19.2 Å². The van der Waals surface area contributed by atoms with E-state index < -0.39 is 16.8 Å². The molecule has 1 aromatic heterocycles. The highest BCUT2D eigenvalue weighted by Crippen LogP contribution is 2.34. The second-order valence-electron chi connectivity index (χ2n) is 11.2. The number of benzene rings is 2. The molecular weight excluding hydrogens is 532 g/mol. The third kappa shape index (κ3) is 4.93. The maximum atomic E-state index is 13.1. The van der Waals surface area contributed by atoms with Gasteiger partial charge in [-0.05, 0) is 78.5 Å². The fourth-order valence-corrected chi connectivity index (χ4v) is 6.09. The smallest absolute Gasteiger partial charge is 0.270 e. The Morgan fingerprint density at radius 3 is 2.55 bits per heavy atom. The molecule has 1 aliphatic carbocycles. The molecule has 10 nitrogen and oxygen atoms in total. The number of rotatable bonds is 6. The number of carbonyl (C=O) groups excluding carboxylic acids is 2. The summed E-state index contributed by atoms with van der Waals surface area (Å²) in [6, 6.07) is 11.5. The molecule has 1 aliphatic heterocycles. The average molecular weight is 565 g/mol. The normalized spacial score (nSPS) is 16.0. The fourth-order valence-electron chi connectivity index (χ4n) is 6.09. The number of carbonyl (C=O) groups is 2. The average Bonchev–Trinajstić information content (AvgIpc) is 3.29. The lowest BCUT2D eigenvalue weighted by Gasteiger charge is -2.25. The van der Waals surface area contributed by atoms with Crippen molar-refractivity contribution in [3.63, 3.8) is 0 Å². The molecule has 3 aromatic carbocycles. The standard InChI is InChI=1S/C32H32N6O4/c1-17-5-8-23-22(18(17)2)9-10-24(23)37-32(42)26-13-25(35-16-36-26)31(41)34-14-19-6-7-20-4-3-11-38(15-21(20)12-19)28-27(33)29(39)30(28)40/h5-8,12-13,16,24H,3-4,9-11,14-15,33H2,1-2H3,(H,34,41)(H,37,42)/t24-/m0/s1. The van der Waals surface area contributed by atoms with E-state index in [1.165, 1.54) is 29.1 Å². The molecule has 0 spiro atoms.